The van der Waals surface area contributed by atoms with Crippen LogP contribution in [0.4, 0.5) is 4.79 Å². The van der Waals surface area contributed by atoms with Gasteiger partial charge >= 0.3 is 18.0 Å². The first-order valence-electron chi connectivity index (χ1n) is 5.10. The van der Waals surface area contributed by atoms with Crippen LogP contribution in [-0.2, 0) is 28.6 Å². The van der Waals surface area contributed by atoms with Gasteiger partial charge in [0, 0.05) is 13.8 Å². The summed E-state index contributed by atoms with van der Waals surface area (Å²) in [4.78, 5) is 45.8. The van der Waals surface area contributed by atoms with Gasteiger partial charge in [0.05, 0.1) is 7.11 Å². The molecule has 8 heteroatoms. The molecule has 0 bridgehead atoms. The minimum atomic E-state index is -1.39. The third-order valence-corrected chi connectivity index (χ3v) is 2.32. The number of cyclic esters (lactones) is 1. The number of hydrogen-bond donors (Lipinski definition) is 0. The molecule has 0 spiro atoms. The summed E-state index contributed by atoms with van der Waals surface area (Å²) < 4.78 is 13.9. The van der Waals surface area contributed by atoms with E-state index < -0.39 is 36.1 Å². The number of esters is 2. The molecule has 0 aliphatic carbocycles. The minimum Gasteiger partial charge on any atom is -0.466 e. The highest BCUT2D eigenvalue weighted by Gasteiger charge is 2.46. The monoisotopic (exact) mass is 259 g/mol. The van der Waals surface area contributed by atoms with Crippen molar-refractivity contribution in [3.8, 4) is 0 Å². The second-order valence-electron chi connectivity index (χ2n) is 3.59. The zero-order valence-electron chi connectivity index (χ0n) is 10.2. The standard InChI is InChI=1S/C10H13NO7/c1-5(12)11-7(4-17-10(11)15)8(9(14)16-3)18-6(2)13/h7-8H,4H2,1-3H3/t7-,8+/m0/s1. The molecule has 1 fully saturated rings. The molecule has 1 rings (SSSR count). The van der Waals surface area contributed by atoms with Crippen LogP contribution in [0.25, 0.3) is 0 Å². The first-order chi connectivity index (χ1) is 8.38. The highest BCUT2D eigenvalue weighted by atomic mass is 16.6. The molecule has 0 unspecified atom stereocenters. The lowest BCUT2D eigenvalue weighted by molar-refractivity contribution is -0.169. The number of nitrogens with zero attached hydrogens (tertiary/aromatic N) is 1. The van der Waals surface area contributed by atoms with Crippen molar-refractivity contribution in [1.29, 1.82) is 0 Å². The van der Waals surface area contributed by atoms with E-state index in [1.807, 2.05) is 0 Å². The summed E-state index contributed by atoms with van der Waals surface area (Å²) >= 11 is 0. The molecule has 2 atom stereocenters. The number of amides is 2. The normalized spacial score (nSPS) is 20.1. The van der Waals surface area contributed by atoms with Gasteiger partial charge in [-0.05, 0) is 0 Å². The maximum atomic E-state index is 11.5. The maximum Gasteiger partial charge on any atom is 0.417 e. The highest BCUT2D eigenvalue weighted by molar-refractivity contribution is 5.93. The van der Waals surface area contributed by atoms with Crippen molar-refractivity contribution < 1.29 is 33.4 Å². The summed E-state index contributed by atoms with van der Waals surface area (Å²) in [5.41, 5.74) is 0. The molecule has 0 aromatic heterocycles. The van der Waals surface area contributed by atoms with Crippen molar-refractivity contribution in [2.75, 3.05) is 13.7 Å². The quantitative estimate of drug-likeness (QED) is 0.495. The maximum absolute atomic E-state index is 11.5. The Labute approximate surface area is 103 Å². The average molecular weight is 259 g/mol. The third kappa shape index (κ3) is 2.76. The summed E-state index contributed by atoms with van der Waals surface area (Å²) in [6.07, 6.45) is -2.27. The molecule has 1 heterocycles. The van der Waals surface area contributed by atoms with E-state index >= 15 is 0 Å². The molecule has 8 nitrogen and oxygen atoms in total. The van der Waals surface area contributed by atoms with Gasteiger partial charge in [-0.2, -0.15) is 0 Å². The number of imide groups is 1. The van der Waals surface area contributed by atoms with Gasteiger partial charge in [0.25, 0.3) is 0 Å². The Morgan fingerprint density at radius 2 is 2.00 bits per heavy atom. The molecule has 1 aliphatic rings. The van der Waals surface area contributed by atoms with E-state index in [1.165, 1.54) is 0 Å². The Balaban J connectivity index is 2.97. The summed E-state index contributed by atoms with van der Waals surface area (Å²) in [6, 6.07) is -1.01. The SMILES string of the molecule is COC(=O)[C@H](OC(C)=O)[C@@H]1COC(=O)N1C(C)=O. The molecule has 100 valence electrons. The van der Waals surface area contributed by atoms with E-state index in [2.05, 4.69) is 9.47 Å². The Morgan fingerprint density at radius 3 is 2.44 bits per heavy atom. The van der Waals surface area contributed by atoms with Crippen LogP contribution in [0, 0.1) is 0 Å². The van der Waals surface area contributed by atoms with E-state index in [0.717, 1.165) is 25.9 Å². The molecule has 0 radical (unpaired) electrons. The number of carbonyl (C=O) groups excluding carboxylic acids is 4. The molecule has 0 aromatic carbocycles. The van der Waals surface area contributed by atoms with E-state index in [-0.39, 0.29) is 6.61 Å². The van der Waals surface area contributed by atoms with Crippen LogP contribution in [0.1, 0.15) is 13.8 Å². The van der Waals surface area contributed by atoms with Gasteiger partial charge in [-0.25, -0.2) is 14.5 Å². The molecule has 2 amide bonds. The van der Waals surface area contributed by atoms with E-state index in [9.17, 15) is 19.2 Å². The Bertz CT molecular complexity index is 392. The number of hydrogen-bond acceptors (Lipinski definition) is 7. The third-order valence-electron chi connectivity index (χ3n) is 2.32. The Kier molecular flexibility index (Phi) is 4.24. The number of ether oxygens (including phenoxy) is 3. The second kappa shape index (κ2) is 5.48. The second-order valence-corrected chi connectivity index (χ2v) is 3.59. The van der Waals surface area contributed by atoms with Crippen LogP contribution < -0.4 is 0 Å². The minimum absolute atomic E-state index is 0.231. The van der Waals surface area contributed by atoms with Crippen molar-refractivity contribution in [3.05, 3.63) is 0 Å². The lowest BCUT2D eigenvalue weighted by atomic mass is 10.1. The van der Waals surface area contributed by atoms with Crippen molar-refractivity contribution in [2.45, 2.75) is 26.0 Å². The summed E-state index contributed by atoms with van der Waals surface area (Å²) in [5.74, 6) is -2.20. The lowest BCUT2D eigenvalue weighted by Gasteiger charge is -2.24. The zero-order valence-corrected chi connectivity index (χ0v) is 10.2. The fourth-order valence-corrected chi connectivity index (χ4v) is 1.60. The zero-order chi connectivity index (χ0) is 13.9. The first kappa shape index (κ1) is 13.9. The smallest absolute Gasteiger partial charge is 0.417 e. The molecule has 18 heavy (non-hydrogen) atoms. The molecular formula is C10H13NO7. The van der Waals surface area contributed by atoms with E-state index in [4.69, 9.17) is 4.74 Å². The van der Waals surface area contributed by atoms with Crippen LogP contribution in [-0.4, -0.2) is 54.7 Å². The van der Waals surface area contributed by atoms with Crippen LogP contribution >= 0.6 is 0 Å². The predicted molar refractivity (Wildman–Crippen MR) is 55.2 cm³/mol. The van der Waals surface area contributed by atoms with Gasteiger partial charge in [0.2, 0.25) is 12.0 Å². The largest absolute Gasteiger partial charge is 0.466 e. The molecule has 0 saturated carbocycles. The molecule has 1 saturated heterocycles. The summed E-state index contributed by atoms with van der Waals surface area (Å²) in [7, 11) is 1.11. The van der Waals surface area contributed by atoms with Crippen LogP contribution in [0.3, 0.4) is 0 Å². The highest BCUT2D eigenvalue weighted by Crippen LogP contribution is 2.19. The van der Waals surface area contributed by atoms with Gasteiger partial charge in [0.15, 0.2) is 0 Å². The lowest BCUT2D eigenvalue weighted by Crippen LogP contribution is -2.50. The van der Waals surface area contributed by atoms with Gasteiger partial charge in [-0.15, -0.1) is 0 Å². The van der Waals surface area contributed by atoms with Crippen LogP contribution in [0.5, 0.6) is 0 Å². The fraction of sp³-hybridized carbons (Fsp3) is 0.600. The van der Waals surface area contributed by atoms with Gasteiger partial charge in [-0.1, -0.05) is 0 Å². The Hall–Kier alpha value is -2.12. The first-order valence-corrected chi connectivity index (χ1v) is 5.10. The average Bonchev–Trinajstić information content (AvgIpc) is 2.66. The Morgan fingerprint density at radius 1 is 1.39 bits per heavy atom. The van der Waals surface area contributed by atoms with Crippen LogP contribution in [0.15, 0.2) is 0 Å². The summed E-state index contributed by atoms with van der Waals surface area (Å²) in [6.45, 7) is 2.01. The van der Waals surface area contributed by atoms with Crippen molar-refractivity contribution in [3.63, 3.8) is 0 Å². The number of rotatable bonds is 3. The van der Waals surface area contributed by atoms with Gasteiger partial charge in [-0.3, -0.25) is 9.59 Å². The number of methoxy groups -OCH3 is 1. The van der Waals surface area contributed by atoms with E-state index in [1.54, 1.807) is 0 Å². The van der Waals surface area contributed by atoms with Crippen molar-refractivity contribution in [1.82, 2.24) is 4.90 Å². The number of carbonyl (C=O) groups is 4. The van der Waals surface area contributed by atoms with E-state index in [0.29, 0.717) is 0 Å². The summed E-state index contributed by atoms with van der Waals surface area (Å²) in [5, 5.41) is 0. The molecular weight excluding hydrogens is 246 g/mol. The molecule has 1 aliphatic heterocycles. The van der Waals surface area contributed by atoms with Crippen molar-refractivity contribution >= 4 is 23.9 Å². The van der Waals surface area contributed by atoms with Crippen LogP contribution in [0.2, 0.25) is 0 Å². The van der Waals surface area contributed by atoms with Gasteiger partial charge < -0.3 is 14.2 Å². The molecule has 0 aromatic rings. The van der Waals surface area contributed by atoms with Gasteiger partial charge in [0.1, 0.15) is 12.6 Å². The van der Waals surface area contributed by atoms with Crippen molar-refractivity contribution in [2.24, 2.45) is 0 Å². The predicted octanol–water partition coefficient (Wildman–Crippen LogP) is -0.542. The molecule has 0 N–H and O–H groups in total. The fourth-order valence-electron chi connectivity index (χ4n) is 1.60. The topological polar surface area (TPSA) is 99.2 Å².